The quantitative estimate of drug-likeness (QED) is 0.550. The fourth-order valence-electron chi connectivity index (χ4n) is 1.40. The largest absolute Gasteiger partial charge is 0.345 e. The number of carbonyl (C=O) groups excluding carboxylic acids is 1. The number of hydrogen-bond acceptors (Lipinski definition) is 6. The van der Waals surface area contributed by atoms with Gasteiger partial charge in [-0.25, -0.2) is 4.99 Å². The Labute approximate surface area is 109 Å². The van der Waals surface area contributed by atoms with E-state index < -0.39 is 26.4 Å². The minimum atomic E-state index is -3.35. The molecule has 1 aromatic rings. The highest BCUT2D eigenvalue weighted by Gasteiger charge is 2.42. The van der Waals surface area contributed by atoms with Gasteiger partial charge in [0, 0.05) is 5.56 Å². The lowest BCUT2D eigenvalue weighted by Crippen LogP contribution is -2.37. The van der Waals surface area contributed by atoms with Crippen LogP contribution < -0.4 is 10.5 Å². The van der Waals surface area contributed by atoms with Crippen molar-refractivity contribution >= 4 is 21.6 Å². The van der Waals surface area contributed by atoms with Crippen molar-refractivity contribution < 1.29 is 14.3 Å². The summed E-state index contributed by atoms with van der Waals surface area (Å²) in [5.74, 6) is -0.547. The normalized spacial score (nSPS) is 24.9. The van der Waals surface area contributed by atoms with Crippen LogP contribution in [0.5, 0.6) is 0 Å². The first-order valence-electron chi connectivity index (χ1n) is 5.05. The van der Waals surface area contributed by atoms with Crippen LogP contribution in [-0.2, 0) is 0 Å². The summed E-state index contributed by atoms with van der Waals surface area (Å²) in [6.07, 6.45) is 0.843. The molecule has 0 bridgehead atoms. The zero-order chi connectivity index (χ0) is 14.0. The van der Waals surface area contributed by atoms with E-state index in [9.17, 15) is 19.5 Å². The maximum Gasteiger partial charge on any atom is 0.345 e. The number of nitrogens with zero attached hydrogens (tertiary/aromatic N) is 2. The molecule has 0 spiro atoms. The number of carbonyl (C=O) groups is 1. The van der Waals surface area contributed by atoms with Crippen LogP contribution in [-0.4, -0.2) is 20.6 Å². The lowest BCUT2D eigenvalue weighted by molar-refractivity contribution is -0.411. The van der Waals surface area contributed by atoms with Gasteiger partial charge in [-0.15, -0.1) is 0 Å². The van der Waals surface area contributed by atoms with Crippen LogP contribution in [0, 0.1) is 10.1 Å². The molecule has 8 nitrogen and oxygen atoms in total. The Kier molecular flexibility index (Phi) is 3.34. The molecule has 0 saturated heterocycles. The third kappa shape index (κ3) is 2.47. The number of aliphatic imine (C=N–C) groups is 1. The van der Waals surface area contributed by atoms with Crippen LogP contribution >= 0.6 is 10.5 Å². The molecule has 0 fully saturated rings. The number of nitrogens with two attached hydrogens (primary N) is 1. The highest BCUT2D eigenvalue weighted by molar-refractivity contribution is 8.42. The molecule has 1 amide bonds. The first kappa shape index (κ1) is 13.2. The smallest absolute Gasteiger partial charge is 0.322 e. The van der Waals surface area contributed by atoms with E-state index >= 15 is 0 Å². The topological polar surface area (TPSA) is 131 Å². The van der Waals surface area contributed by atoms with Gasteiger partial charge in [0.05, 0.1) is 15.4 Å². The van der Waals surface area contributed by atoms with Gasteiger partial charge in [-0.3, -0.25) is 25.4 Å². The predicted molar refractivity (Wildman–Crippen MR) is 70.8 cm³/mol. The Balaban J connectivity index is 2.15. The van der Waals surface area contributed by atoms with Gasteiger partial charge >= 0.3 is 5.03 Å². The van der Waals surface area contributed by atoms with E-state index in [4.69, 9.17) is 5.14 Å². The maximum absolute atomic E-state index is 11.8. The van der Waals surface area contributed by atoms with Gasteiger partial charge in [0.25, 0.3) is 5.91 Å². The van der Waals surface area contributed by atoms with Crippen LogP contribution in [0.15, 0.2) is 46.6 Å². The van der Waals surface area contributed by atoms with Crippen LogP contribution in [0.3, 0.4) is 0 Å². The van der Waals surface area contributed by atoms with Gasteiger partial charge in [0.1, 0.15) is 6.20 Å². The SMILES string of the molecule is NS1(O)C([N+](=O)[O-])=CN=C1NC(=O)c1ccccc1. The molecule has 100 valence electrons. The molecule has 0 aromatic heterocycles. The Bertz CT molecular complexity index is 597. The molecule has 2 rings (SSSR count). The minimum absolute atomic E-state index is 0.298. The number of nitrogens with one attached hydrogen (secondary N) is 1. The molecule has 1 aliphatic rings. The Hall–Kier alpha value is -2.23. The van der Waals surface area contributed by atoms with Gasteiger partial charge in [0.15, 0.2) is 5.17 Å². The van der Waals surface area contributed by atoms with Crippen molar-refractivity contribution in [2.24, 2.45) is 10.1 Å². The van der Waals surface area contributed by atoms with Gasteiger partial charge < -0.3 is 4.55 Å². The third-order valence-corrected chi connectivity index (χ3v) is 4.03. The van der Waals surface area contributed by atoms with Crippen LogP contribution in [0.2, 0.25) is 0 Å². The second-order valence-electron chi connectivity index (χ2n) is 3.60. The molecule has 0 aliphatic carbocycles. The monoisotopic (exact) mass is 282 g/mol. The van der Waals surface area contributed by atoms with E-state index in [1.165, 1.54) is 0 Å². The summed E-state index contributed by atoms with van der Waals surface area (Å²) < 4.78 is 9.89. The number of nitro groups is 1. The lowest BCUT2D eigenvalue weighted by atomic mass is 10.2. The van der Waals surface area contributed by atoms with Gasteiger partial charge in [0.2, 0.25) is 0 Å². The molecular formula is C10H10N4O4S. The van der Waals surface area contributed by atoms with E-state index in [-0.39, 0.29) is 5.17 Å². The molecule has 1 unspecified atom stereocenters. The standard InChI is InChI=1S/C10H10N4O4S/c11-19(18)8(14(16)17)6-12-10(19)13-9(15)7-4-2-1-3-5-7/h1-6,18H,11H2,(H,12,13,15). The molecule has 0 saturated carbocycles. The second-order valence-corrected chi connectivity index (χ2v) is 5.66. The average molecular weight is 282 g/mol. The van der Waals surface area contributed by atoms with E-state index in [1.54, 1.807) is 30.3 Å². The van der Waals surface area contributed by atoms with Crippen molar-refractivity contribution in [3.05, 3.63) is 57.2 Å². The van der Waals surface area contributed by atoms with Crippen molar-refractivity contribution in [1.29, 1.82) is 0 Å². The summed E-state index contributed by atoms with van der Waals surface area (Å²) in [5, 5.41) is 17.5. The van der Waals surface area contributed by atoms with Crippen molar-refractivity contribution in [2.45, 2.75) is 0 Å². The van der Waals surface area contributed by atoms with Gasteiger partial charge in [-0.2, -0.15) is 0 Å². The molecule has 1 aromatic carbocycles. The van der Waals surface area contributed by atoms with Crippen molar-refractivity contribution in [2.75, 3.05) is 0 Å². The Morgan fingerprint density at radius 1 is 1.42 bits per heavy atom. The zero-order valence-electron chi connectivity index (χ0n) is 9.52. The first-order chi connectivity index (χ1) is 8.93. The maximum atomic E-state index is 11.8. The van der Waals surface area contributed by atoms with Gasteiger partial charge in [-0.05, 0) is 12.1 Å². The summed E-state index contributed by atoms with van der Waals surface area (Å²) in [4.78, 5) is 25.3. The highest BCUT2D eigenvalue weighted by Crippen LogP contribution is 2.48. The summed E-state index contributed by atoms with van der Waals surface area (Å²) in [6, 6.07) is 8.16. The highest BCUT2D eigenvalue weighted by atomic mass is 32.3. The molecule has 1 heterocycles. The summed E-state index contributed by atoms with van der Waals surface area (Å²) in [7, 11) is -3.35. The van der Waals surface area contributed by atoms with Crippen molar-refractivity contribution in [3.63, 3.8) is 0 Å². The molecule has 1 atom stereocenters. The fourth-order valence-corrected chi connectivity index (χ4v) is 2.50. The molecular weight excluding hydrogens is 272 g/mol. The van der Waals surface area contributed by atoms with E-state index in [1.807, 2.05) is 0 Å². The van der Waals surface area contributed by atoms with Crippen LogP contribution in [0.1, 0.15) is 10.4 Å². The minimum Gasteiger partial charge on any atom is -0.322 e. The Morgan fingerprint density at radius 3 is 2.58 bits per heavy atom. The molecule has 0 radical (unpaired) electrons. The van der Waals surface area contributed by atoms with E-state index in [2.05, 4.69) is 10.3 Å². The average Bonchev–Trinajstić information content (AvgIpc) is 2.66. The predicted octanol–water partition coefficient (Wildman–Crippen LogP) is 1.01. The van der Waals surface area contributed by atoms with Gasteiger partial charge in [-0.1, -0.05) is 18.2 Å². The molecule has 9 heteroatoms. The number of amides is 1. The van der Waals surface area contributed by atoms with Crippen LogP contribution in [0.25, 0.3) is 0 Å². The van der Waals surface area contributed by atoms with Crippen LogP contribution in [0.4, 0.5) is 0 Å². The summed E-state index contributed by atoms with van der Waals surface area (Å²) in [6.45, 7) is 0. The third-order valence-electron chi connectivity index (χ3n) is 2.34. The number of rotatable bonds is 2. The van der Waals surface area contributed by atoms with Crippen molar-refractivity contribution in [3.8, 4) is 0 Å². The van der Waals surface area contributed by atoms with Crippen molar-refractivity contribution in [1.82, 2.24) is 5.32 Å². The van der Waals surface area contributed by atoms with E-state index in [0.29, 0.717) is 5.56 Å². The second kappa shape index (κ2) is 4.80. The molecule has 4 N–H and O–H groups in total. The number of amidine groups is 1. The number of hydrogen-bond donors (Lipinski definition) is 3. The number of benzene rings is 1. The lowest BCUT2D eigenvalue weighted by Gasteiger charge is -2.22. The first-order valence-corrected chi connectivity index (χ1v) is 6.70. The fraction of sp³-hybridized carbons (Fsp3) is 0. The molecule has 1 aliphatic heterocycles. The Morgan fingerprint density at radius 2 is 2.05 bits per heavy atom. The van der Waals surface area contributed by atoms with E-state index in [0.717, 1.165) is 6.20 Å². The summed E-state index contributed by atoms with van der Waals surface area (Å²) >= 11 is 0. The molecule has 19 heavy (non-hydrogen) atoms. The zero-order valence-corrected chi connectivity index (χ0v) is 10.3. The summed E-state index contributed by atoms with van der Waals surface area (Å²) in [5.41, 5.74) is 0.329.